The maximum atomic E-state index is 13.8. The Hall–Kier alpha value is -2.12. The normalized spacial score (nSPS) is 11.1. The molecule has 5 nitrogen and oxygen atoms in total. The van der Waals surface area contributed by atoms with E-state index in [1.54, 1.807) is 19.1 Å². The van der Waals surface area contributed by atoms with Gasteiger partial charge in [-0.05, 0) is 42.8 Å². The van der Waals surface area contributed by atoms with Crippen LogP contribution in [0.15, 0.2) is 41.3 Å². The molecule has 122 valence electrons. The molecule has 0 saturated heterocycles. The summed E-state index contributed by atoms with van der Waals surface area (Å²) in [4.78, 5) is 11.0. The predicted octanol–water partition coefficient (Wildman–Crippen LogP) is 3.55. The number of benzene rings is 2. The molecule has 2 rings (SSSR count). The Labute approximate surface area is 138 Å². The van der Waals surface area contributed by atoms with E-state index in [4.69, 9.17) is 11.6 Å². The molecule has 0 spiro atoms. The number of hydrogen-bond donors (Lipinski definition) is 2. The van der Waals surface area contributed by atoms with Gasteiger partial charge in [-0.1, -0.05) is 17.7 Å². The van der Waals surface area contributed by atoms with E-state index >= 15 is 0 Å². The van der Waals surface area contributed by atoms with Gasteiger partial charge in [-0.15, -0.1) is 0 Å². The third-order valence-electron chi connectivity index (χ3n) is 2.97. The van der Waals surface area contributed by atoms with Crippen molar-refractivity contribution in [3.05, 3.63) is 52.8 Å². The van der Waals surface area contributed by atoms with Gasteiger partial charge in [0, 0.05) is 17.6 Å². The maximum Gasteiger partial charge on any atom is 0.262 e. The number of rotatable bonds is 4. The molecular formula is C15H14ClFN2O3S. The topological polar surface area (TPSA) is 75.3 Å². The Morgan fingerprint density at radius 1 is 1.17 bits per heavy atom. The summed E-state index contributed by atoms with van der Waals surface area (Å²) < 4.78 is 40.9. The van der Waals surface area contributed by atoms with E-state index in [9.17, 15) is 17.6 Å². The van der Waals surface area contributed by atoms with Gasteiger partial charge in [0.05, 0.1) is 10.6 Å². The average molecular weight is 357 g/mol. The average Bonchev–Trinajstić information content (AvgIpc) is 2.43. The highest BCUT2D eigenvalue weighted by Gasteiger charge is 2.19. The van der Waals surface area contributed by atoms with Crippen molar-refractivity contribution in [2.75, 3.05) is 10.0 Å². The SMILES string of the molecule is CC(=O)Nc1ccc(C)c(S(=O)(=O)Nc2ccc(Cl)cc2F)c1. The van der Waals surface area contributed by atoms with Gasteiger partial charge in [0.2, 0.25) is 5.91 Å². The van der Waals surface area contributed by atoms with Crippen molar-refractivity contribution in [2.45, 2.75) is 18.7 Å². The number of nitrogens with one attached hydrogen (secondary N) is 2. The van der Waals surface area contributed by atoms with Crippen molar-refractivity contribution in [1.82, 2.24) is 0 Å². The number of carbonyl (C=O) groups excluding carboxylic acids is 1. The van der Waals surface area contributed by atoms with E-state index in [1.165, 1.54) is 25.1 Å². The molecule has 0 radical (unpaired) electrons. The van der Waals surface area contributed by atoms with Crippen LogP contribution in [0.5, 0.6) is 0 Å². The number of amides is 1. The van der Waals surface area contributed by atoms with E-state index in [2.05, 4.69) is 10.0 Å². The van der Waals surface area contributed by atoms with E-state index in [1.807, 2.05) is 0 Å². The van der Waals surface area contributed by atoms with Crippen LogP contribution in [0.25, 0.3) is 0 Å². The highest BCUT2D eigenvalue weighted by atomic mass is 35.5. The van der Waals surface area contributed by atoms with Gasteiger partial charge < -0.3 is 5.32 Å². The van der Waals surface area contributed by atoms with Crippen molar-refractivity contribution in [3.8, 4) is 0 Å². The lowest BCUT2D eigenvalue weighted by atomic mass is 10.2. The van der Waals surface area contributed by atoms with Gasteiger partial charge in [-0.3, -0.25) is 9.52 Å². The highest BCUT2D eigenvalue weighted by molar-refractivity contribution is 7.92. The Balaban J connectivity index is 2.40. The molecule has 2 aromatic rings. The van der Waals surface area contributed by atoms with Crippen molar-refractivity contribution in [3.63, 3.8) is 0 Å². The van der Waals surface area contributed by atoms with Gasteiger partial charge in [0.25, 0.3) is 10.0 Å². The summed E-state index contributed by atoms with van der Waals surface area (Å²) in [7, 11) is -4.02. The minimum Gasteiger partial charge on any atom is -0.326 e. The quantitative estimate of drug-likeness (QED) is 0.879. The minimum absolute atomic E-state index is 0.0573. The molecule has 0 unspecified atom stereocenters. The number of aryl methyl sites for hydroxylation is 1. The van der Waals surface area contributed by atoms with Gasteiger partial charge >= 0.3 is 0 Å². The number of halogens is 2. The van der Waals surface area contributed by atoms with Crippen molar-refractivity contribution in [1.29, 1.82) is 0 Å². The minimum atomic E-state index is -4.02. The van der Waals surface area contributed by atoms with E-state index < -0.39 is 15.8 Å². The summed E-state index contributed by atoms with van der Waals surface area (Å²) in [6.45, 7) is 2.92. The fourth-order valence-electron chi connectivity index (χ4n) is 1.94. The van der Waals surface area contributed by atoms with Crippen LogP contribution in [0.1, 0.15) is 12.5 Å². The van der Waals surface area contributed by atoms with Crippen LogP contribution < -0.4 is 10.0 Å². The fraction of sp³-hybridized carbons (Fsp3) is 0.133. The molecule has 0 aliphatic carbocycles. The molecule has 0 atom stereocenters. The third-order valence-corrected chi connectivity index (χ3v) is 4.72. The van der Waals surface area contributed by atoms with Crippen LogP contribution in [-0.4, -0.2) is 14.3 Å². The summed E-state index contributed by atoms with van der Waals surface area (Å²) >= 11 is 5.64. The zero-order chi connectivity index (χ0) is 17.2. The van der Waals surface area contributed by atoms with Crippen LogP contribution in [0.4, 0.5) is 15.8 Å². The molecule has 2 N–H and O–H groups in total. The molecule has 0 heterocycles. The summed E-state index contributed by atoms with van der Waals surface area (Å²) in [6.07, 6.45) is 0. The van der Waals surface area contributed by atoms with E-state index in [0.29, 0.717) is 11.3 Å². The first-order valence-electron chi connectivity index (χ1n) is 6.55. The zero-order valence-electron chi connectivity index (χ0n) is 12.4. The van der Waals surface area contributed by atoms with Crippen LogP contribution in [0.2, 0.25) is 5.02 Å². The lowest BCUT2D eigenvalue weighted by Gasteiger charge is -2.13. The van der Waals surface area contributed by atoms with Crippen LogP contribution in [-0.2, 0) is 14.8 Å². The van der Waals surface area contributed by atoms with E-state index in [-0.39, 0.29) is 21.5 Å². The van der Waals surface area contributed by atoms with Crippen molar-refractivity contribution >= 4 is 38.9 Å². The Kier molecular flexibility index (Phi) is 4.91. The first-order valence-corrected chi connectivity index (χ1v) is 8.41. The molecule has 2 aromatic carbocycles. The Morgan fingerprint density at radius 3 is 2.48 bits per heavy atom. The molecule has 0 saturated carbocycles. The number of anilines is 2. The smallest absolute Gasteiger partial charge is 0.262 e. The largest absolute Gasteiger partial charge is 0.326 e. The Bertz CT molecular complexity index is 869. The molecule has 0 bridgehead atoms. The summed E-state index contributed by atoms with van der Waals surface area (Å²) in [5.41, 5.74) is 0.583. The molecule has 0 aliphatic heterocycles. The van der Waals surface area contributed by atoms with Crippen LogP contribution in [0, 0.1) is 12.7 Å². The standard InChI is InChI=1S/C15H14ClFN2O3S/c1-9-3-5-12(18-10(2)20)8-15(9)23(21,22)19-14-6-4-11(16)7-13(14)17/h3-8,19H,1-2H3,(H,18,20). The maximum absolute atomic E-state index is 13.8. The number of hydrogen-bond acceptors (Lipinski definition) is 3. The first kappa shape index (κ1) is 17.2. The molecule has 8 heteroatoms. The van der Waals surface area contributed by atoms with Gasteiger partial charge in [0.1, 0.15) is 5.82 Å². The predicted molar refractivity (Wildman–Crippen MR) is 87.7 cm³/mol. The highest BCUT2D eigenvalue weighted by Crippen LogP contribution is 2.25. The summed E-state index contributed by atoms with van der Waals surface area (Å²) in [5, 5.41) is 2.67. The van der Waals surface area contributed by atoms with Gasteiger partial charge in [0.15, 0.2) is 0 Å². The Morgan fingerprint density at radius 2 is 1.87 bits per heavy atom. The molecule has 0 fully saturated rings. The molecule has 1 amide bonds. The fourth-order valence-corrected chi connectivity index (χ4v) is 3.44. The zero-order valence-corrected chi connectivity index (χ0v) is 13.9. The second-order valence-corrected chi connectivity index (χ2v) is 6.98. The first-order chi connectivity index (χ1) is 10.7. The second-order valence-electron chi connectivity index (χ2n) is 4.89. The van der Waals surface area contributed by atoms with Gasteiger partial charge in [-0.2, -0.15) is 0 Å². The second kappa shape index (κ2) is 6.55. The third kappa shape index (κ3) is 4.20. The summed E-state index contributed by atoms with van der Waals surface area (Å²) in [6, 6.07) is 8.08. The molecule has 0 aliphatic rings. The van der Waals surface area contributed by atoms with Crippen molar-refractivity contribution in [2.24, 2.45) is 0 Å². The van der Waals surface area contributed by atoms with Crippen LogP contribution in [0.3, 0.4) is 0 Å². The lowest BCUT2D eigenvalue weighted by Crippen LogP contribution is -2.16. The molecule has 23 heavy (non-hydrogen) atoms. The number of carbonyl (C=O) groups is 1. The van der Waals surface area contributed by atoms with Crippen molar-refractivity contribution < 1.29 is 17.6 Å². The molecular weight excluding hydrogens is 343 g/mol. The van der Waals surface area contributed by atoms with Gasteiger partial charge in [-0.25, -0.2) is 12.8 Å². The lowest BCUT2D eigenvalue weighted by molar-refractivity contribution is -0.114. The molecule has 0 aromatic heterocycles. The summed E-state index contributed by atoms with van der Waals surface area (Å²) in [5.74, 6) is -1.11. The number of sulfonamides is 1. The van der Waals surface area contributed by atoms with E-state index in [0.717, 1.165) is 6.07 Å². The van der Waals surface area contributed by atoms with Crippen LogP contribution >= 0.6 is 11.6 Å². The monoisotopic (exact) mass is 356 g/mol.